The molecule has 164 valence electrons. The molecule has 0 bridgehead atoms. The fraction of sp³-hybridized carbons (Fsp3) is 0.259. The van der Waals surface area contributed by atoms with E-state index >= 15 is 0 Å². The minimum atomic E-state index is -1.09. The van der Waals surface area contributed by atoms with Gasteiger partial charge in [-0.3, -0.25) is 0 Å². The van der Waals surface area contributed by atoms with Crippen molar-refractivity contribution >= 4 is 12.1 Å². The van der Waals surface area contributed by atoms with Crippen molar-refractivity contribution in [2.75, 3.05) is 6.61 Å². The highest BCUT2D eigenvalue weighted by Gasteiger charge is 2.29. The fourth-order valence-corrected chi connectivity index (χ4v) is 4.35. The summed E-state index contributed by atoms with van der Waals surface area (Å²) in [6, 6.07) is 23.0. The maximum absolute atomic E-state index is 12.5. The van der Waals surface area contributed by atoms with Gasteiger partial charge in [0, 0.05) is 12.3 Å². The van der Waals surface area contributed by atoms with Crippen molar-refractivity contribution in [3.63, 3.8) is 0 Å². The predicted octanol–water partition coefficient (Wildman–Crippen LogP) is 5.17. The molecule has 0 saturated carbocycles. The molecule has 3 aromatic rings. The topological polar surface area (TPSA) is 75.6 Å². The molecule has 3 aromatic carbocycles. The molecule has 1 amide bonds. The van der Waals surface area contributed by atoms with Crippen LogP contribution < -0.4 is 5.32 Å². The number of ether oxygens (including phenoxy) is 1. The van der Waals surface area contributed by atoms with Gasteiger partial charge in [-0.25, -0.2) is 9.59 Å². The van der Waals surface area contributed by atoms with E-state index in [2.05, 4.69) is 24.4 Å². The minimum absolute atomic E-state index is 0.0671. The number of fused-ring (bicyclic) bond motifs is 3. The van der Waals surface area contributed by atoms with Gasteiger partial charge in [0.15, 0.2) is 0 Å². The summed E-state index contributed by atoms with van der Waals surface area (Å²) < 4.78 is 5.50. The van der Waals surface area contributed by atoms with E-state index in [1.165, 1.54) is 5.56 Å². The van der Waals surface area contributed by atoms with Crippen LogP contribution in [0.5, 0.6) is 0 Å². The van der Waals surface area contributed by atoms with Gasteiger partial charge < -0.3 is 15.2 Å². The average Bonchev–Trinajstić information content (AvgIpc) is 3.12. The van der Waals surface area contributed by atoms with Crippen LogP contribution in [0, 0.1) is 0 Å². The first-order valence-corrected chi connectivity index (χ1v) is 11.0. The minimum Gasteiger partial charge on any atom is -0.480 e. The molecule has 0 fully saturated rings. The Kier molecular flexibility index (Phi) is 6.55. The summed E-state index contributed by atoms with van der Waals surface area (Å²) in [5, 5.41) is 12.1. The van der Waals surface area contributed by atoms with Crippen LogP contribution in [0.25, 0.3) is 11.1 Å². The molecule has 2 N–H and O–H groups in total. The van der Waals surface area contributed by atoms with E-state index in [4.69, 9.17) is 4.74 Å². The number of hydrogen-bond donors (Lipinski definition) is 2. The lowest BCUT2D eigenvalue weighted by atomic mass is 9.98. The molecule has 1 unspecified atom stereocenters. The number of benzene rings is 3. The molecule has 0 heterocycles. The zero-order valence-corrected chi connectivity index (χ0v) is 18.1. The van der Waals surface area contributed by atoms with Crippen molar-refractivity contribution in [1.82, 2.24) is 5.32 Å². The maximum Gasteiger partial charge on any atom is 0.407 e. The van der Waals surface area contributed by atoms with Crippen molar-refractivity contribution in [2.45, 2.75) is 38.1 Å². The van der Waals surface area contributed by atoms with Gasteiger partial charge in [0.2, 0.25) is 0 Å². The molecule has 0 saturated heterocycles. The number of amides is 1. The van der Waals surface area contributed by atoms with Crippen LogP contribution >= 0.6 is 0 Å². The van der Waals surface area contributed by atoms with Crippen LogP contribution in [0.15, 0.2) is 72.8 Å². The number of carbonyl (C=O) groups excluding carboxylic acids is 1. The number of carbonyl (C=O) groups is 2. The van der Waals surface area contributed by atoms with E-state index in [9.17, 15) is 14.7 Å². The maximum atomic E-state index is 12.5. The van der Waals surface area contributed by atoms with Crippen LogP contribution in [-0.2, 0) is 22.4 Å². The van der Waals surface area contributed by atoms with Crippen LogP contribution in [-0.4, -0.2) is 29.8 Å². The second kappa shape index (κ2) is 9.69. The quantitative estimate of drug-likeness (QED) is 0.518. The SMILES string of the molecule is CCCc1ccc(CC(NC(=O)OCC2c3ccccc3-c3ccccc32)C(=O)O)cc1. The zero-order chi connectivity index (χ0) is 22.5. The van der Waals surface area contributed by atoms with Crippen molar-refractivity contribution in [3.05, 3.63) is 95.1 Å². The second-order valence-electron chi connectivity index (χ2n) is 8.13. The lowest BCUT2D eigenvalue weighted by Crippen LogP contribution is -2.42. The summed E-state index contributed by atoms with van der Waals surface area (Å²) in [6.45, 7) is 2.27. The number of carboxylic acids is 1. The molecule has 1 atom stereocenters. The normalized spacial score (nSPS) is 13.2. The van der Waals surface area contributed by atoms with Gasteiger partial charge in [0.1, 0.15) is 12.6 Å². The Bertz CT molecular complexity index is 1060. The number of alkyl carbamates (subject to hydrolysis) is 1. The molecule has 0 aromatic heterocycles. The molecule has 32 heavy (non-hydrogen) atoms. The molecule has 0 radical (unpaired) electrons. The van der Waals surface area contributed by atoms with E-state index in [0.29, 0.717) is 0 Å². The summed E-state index contributed by atoms with van der Waals surface area (Å²) in [6.07, 6.45) is 1.52. The molecule has 4 rings (SSSR count). The van der Waals surface area contributed by atoms with E-state index in [0.717, 1.165) is 40.7 Å². The van der Waals surface area contributed by atoms with Gasteiger partial charge in [0.05, 0.1) is 0 Å². The highest BCUT2D eigenvalue weighted by atomic mass is 16.5. The first kappa shape index (κ1) is 21.6. The summed E-state index contributed by atoms with van der Waals surface area (Å²) >= 11 is 0. The molecule has 0 spiro atoms. The Balaban J connectivity index is 1.40. The van der Waals surface area contributed by atoms with Gasteiger partial charge in [-0.05, 0) is 39.8 Å². The van der Waals surface area contributed by atoms with Crippen LogP contribution in [0.2, 0.25) is 0 Å². The zero-order valence-electron chi connectivity index (χ0n) is 18.1. The lowest BCUT2D eigenvalue weighted by Gasteiger charge is -2.17. The molecular formula is C27H27NO4. The molecule has 5 heteroatoms. The number of rotatable bonds is 8. The van der Waals surface area contributed by atoms with Gasteiger partial charge in [-0.2, -0.15) is 0 Å². The smallest absolute Gasteiger partial charge is 0.407 e. The van der Waals surface area contributed by atoms with Crippen molar-refractivity contribution < 1.29 is 19.4 Å². The molecule has 1 aliphatic carbocycles. The molecule has 1 aliphatic rings. The highest BCUT2D eigenvalue weighted by molar-refractivity contribution is 5.81. The Hall–Kier alpha value is -3.60. The first-order chi connectivity index (χ1) is 15.6. The number of carboxylic acid groups (broad SMARTS) is 1. The van der Waals surface area contributed by atoms with E-state index in [1.807, 2.05) is 60.7 Å². The summed E-state index contributed by atoms with van der Waals surface area (Å²) in [5.41, 5.74) is 6.59. The third kappa shape index (κ3) is 4.67. The third-order valence-corrected chi connectivity index (χ3v) is 5.94. The average molecular weight is 430 g/mol. The van der Waals surface area contributed by atoms with Gasteiger partial charge in [0.25, 0.3) is 0 Å². The Morgan fingerprint density at radius 2 is 1.47 bits per heavy atom. The Morgan fingerprint density at radius 1 is 0.906 bits per heavy atom. The Morgan fingerprint density at radius 3 is 2.03 bits per heavy atom. The van der Waals surface area contributed by atoms with Gasteiger partial charge in [-0.1, -0.05) is 86.1 Å². The predicted molar refractivity (Wildman–Crippen MR) is 124 cm³/mol. The summed E-state index contributed by atoms with van der Waals surface area (Å²) in [5.74, 6) is -1.15. The van der Waals surface area contributed by atoms with Crippen LogP contribution in [0.4, 0.5) is 4.79 Å². The highest BCUT2D eigenvalue weighted by Crippen LogP contribution is 2.44. The summed E-state index contributed by atoms with van der Waals surface area (Å²) in [7, 11) is 0. The van der Waals surface area contributed by atoms with E-state index < -0.39 is 18.1 Å². The summed E-state index contributed by atoms with van der Waals surface area (Å²) in [4.78, 5) is 24.2. The standard InChI is InChI=1S/C27H27NO4/c1-2-7-18-12-14-19(15-13-18)16-25(26(29)30)28-27(31)32-17-24-22-10-5-3-8-20(22)21-9-4-6-11-23(21)24/h3-6,8-15,24-25H,2,7,16-17H2,1H3,(H,28,31)(H,29,30). The second-order valence-corrected chi connectivity index (χ2v) is 8.13. The number of hydrogen-bond acceptors (Lipinski definition) is 3. The molecule has 5 nitrogen and oxygen atoms in total. The van der Waals surface area contributed by atoms with Crippen molar-refractivity contribution in [2.24, 2.45) is 0 Å². The first-order valence-electron chi connectivity index (χ1n) is 11.0. The number of aryl methyl sites for hydroxylation is 1. The molecular weight excluding hydrogens is 402 g/mol. The monoisotopic (exact) mass is 429 g/mol. The lowest BCUT2D eigenvalue weighted by molar-refractivity contribution is -0.139. The fourth-order valence-electron chi connectivity index (χ4n) is 4.35. The van der Waals surface area contributed by atoms with Crippen molar-refractivity contribution in [3.8, 4) is 11.1 Å². The molecule has 0 aliphatic heterocycles. The largest absolute Gasteiger partial charge is 0.480 e. The van der Waals surface area contributed by atoms with Gasteiger partial charge in [-0.15, -0.1) is 0 Å². The van der Waals surface area contributed by atoms with Crippen LogP contribution in [0.3, 0.4) is 0 Å². The number of aliphatic carboxylic acids is 1. The van der Waals surface area contributed by atoms with Crippen molar-refractivity contribution in [1.29, 1.82) is 0 Å². The van der Waals surface area contributed by atoms with E-state index in [1.54, 1.807) is 0 Å². The Labute approximate surface area is 188 Å². The third-order valence-electron chi connectivity index (χ3n) is 5.94. The van der Waals surface area contributed by atoms with E-state index in [-0.39, 0.29) is 18.9 Å². The number of nitrogens with one attached hydrogen (secondary N) is 1. The van der Waals surface area contributed by atoms with Gasteiger partial charge >= 0.3 is 12.1 Å². The van der Waals surface area contributed by atoms with Crippen LogP contribution in [0.1, 0.15) is 41.5 Å².